The number of piperidine rings is 1. The number of hydrogen-bond acceptors (Lipinski definition) is 4. The van der Waals surface area contributed by atoms with Gasteiger partial charge >= 0.3 is 0 Å². The lowest BCUT2D eigenvalue weighted by molar-refractivity contribution is 0.242. The van der Waals surface area contributed by atoms with Crippen LogP contribution in [0.2, 0.25) is 5.02 Å². The first-order chi connectivity index (χ1) is 14.2. The molecule has 0 saturated carbocycles. The summed E-state index contributed by atoms with van der Waals surface area (Å²) in [6.07, 6.45) is 2.90. The van der Waals surface area contributed by atoms with E-state index in [0.29, 0.717) is 23.6 Å². The Labute approximate surface area is 184 Å². The number of rotatable bonds is 8. The van der Waals surface area contributed by atoms with E-state index < -0.39 is 20.0 Å². The Morgan fingerprint density at radius 1 is 1.00 bits per heavy atom. The minimum atomic E-state index is -3.60. The van der Waals surface area contributed by atoms with Crippen molar-refractivity contribution in [1.29, 1.82) is 0 Å². The minimum Gasteiger partial charge on any atom is -0.215 e. The molecule has 0 aliphatic carbocycles. The van der Waals surface area contributed by atoms with E-state index in [1.807, 2.05) is 6.92 Å². The summed E-state index contributed by atoms with van der Waals surface area (Å²) in [5.41, 5.74) is 1.65. The molecule has 1 N–H and O–H groups in total. The molecule has 1 atom stereocenters. The highest BCUT2D eigenvalue weighted by molar-refractivity contribution is 7.89. The van der Waals surface area contributed by atoms with Gasteiger partial charge in [0.1, 0.15) is 0 Å². The van der Waals surface area contributed by atoms with Gasteiger partial charge in [0.2, 0.25) is 20.0 Å². The van der Waals surface area contributed by atoms with Crippen molar-refractivity contribution >= 4 is 31.6 Å². The van der Waals surface area contributed by atoms with E-state index in [1.54, 1.807) is 48.5 Å². The third-order valence-corrected chi connectivity index (χ3v) is 8.85. The van der Waals surface area contributed by atoms with E-state index in [4.69, 9.17) is 11.6 Å². The maximum absolute atomic E-state index is 13.1. The fraction of sp³-hybridized carbons (Fsp3) is 0.429. The highest BCUT2D eigenvalue weighted by atomic mass is 35.5. The van der Waals surface area contributed by atoms with Crippen molar-refractivity contribution in [2.45, 2.75) is 49.3 Å². The maximum atomic E-state index is 13.1. The van der Waals surface area contributed by atoms with Crippen molar-refractivity contribution in [3.05, 3.63) is 64.7 Å². The number of hydrogen-bond donors (Lipinski definition) is 1. The van der Waals surface area contributed by atoms with Crippen LogP contribution in [0.25, 0.3) is 0 Å². The quantitative estimate of drug-likeness (QED) is 0.637. The number of nitrogens with one attached hydrogen (secondary N) is 1. The molecule has 1 fully saturated rings. The van der Waals surface area contributed by atoms with Gasteiger partial charge in [-0.15, -0.1) is 0 Å². The van der Waals surface area contributed by atoms with Crippen LogP contribution >= 0.6 is 11.6 Å². The van der Waals surface area contributed by atoms with Crippen molar-refractivity contribution in [3.63, 3.8) is 0 Å². The molecular weight excluding hydrogens is 444 g/mol. The smallest absolute Gasteiger partial charge is 0.215 e. The van der Waals surface area contributed by atoms with E-state index in [0.717, 1.165) is 24.8 Å². The fourth-order valence-electron chi connectivity index (χ4n) is 3.66. The summed E-state index contributed by atoms with van der Waals surface area (Å²) >= 11 is 5.84. The number of sulfonamides is 2. The van der Waals surface area contributed by atoms with Crippen LogP contribution in [0.3, 0.4) is 0 Å². The van der Waals surface area contributed by atoms with Gasteiger partial charge in [0.25, 0.3) is 0 Å². The van der Waals surface area contributed by atoms with Gasteiger partial charge in [-0.3, -0.25) is 0 Å². The summed E-state index contributed by atoms with van der Waals surface area (Å²) in [6.45, 7) is 2.56. The number of aryl methyl sites for hydroxylation is 1. The van der Waals surface area contributed by atoms with Crippen molar-refractivity contribution in [3.8, 4) is 0 Å². The van der Waals surface area contributed by atoms with Crippen LogP contribution in [0.15, 0.2) is 53.4 Å². The molecule has 1 aliphatic rings. The van der Waals surface area contributed by atoms with Crippen LogP contribution in [0, 0.1) is 6.92 Å². The predicted molar refractivity (Wildman–Crippen MR) is 119 cm³/mol. The monoisotopic (exact) mass is 470 g/mol. The molecule has 1 unspecified atom stereocenters. The molecule has 0 bridgehead atoms. The molecule has 164 valence electrons. The lowest BCUT2D eigenvalue weighted by Crippen LogP contribution is -2.45. The Morgan fingerprint density at radius 3 is 2.33 bits per heavy atom. The van der Waals surface area contributed by atoms with E-state index in [-0.39, 0.29) is 23.2 Å². The molecule has 0 radical (unpaired) electrons. The Hall–Kier alpha value is -1.45. The Bertz CT molecular complexity index is 1050. The van der Waals surface area contributed by atoms with Crippen molar-refractivity contribution < 1.29 is 16.8 Å². The van der Waals surface area contributed by atoms with Gasteiger partial charge in [0.15, 0.2) is 0 Å². The summed E-state index contributed by atoms with van der Waals surface area (Å²) in [7, 11) is -7.12. The van der Waals surface area contributed by atoms with Gasteiger partial charge in [0, 0.05) is 24.2 Å². The van der Waals surface area contributed by atoms with E-state index in [2.05, 4.69) is 4.72 Å². The van der Waals surface area contributed by atoms with Crippen molar-refractivity contribution in [2.75, 3.05) is 13.1 Å². The van der Waals surface area contributed by atoms with Crippen LogP contribution in [0.5, 0.6) is 0 Å². The first-order valence-electron chi connectivity index (χ1n) is 9.98. The minimum absolute atomic E-state index is 0.139. The second-order valence-corrected chi connectivity index (χ2v) is 11.8. The molecule has 1 heterocycles. The zero-order valence-corrected chi connectivity index (χ0v) is 19.3. The standard InChI is InChI=1S/C21H27ClN2O4S2/c1-17-5-11-21(12-6-17)30(27,28)24-15-3-2-4-20(24)13-14-23-29(25,26)16-18-7-9-19(22)10-8-18/h5-12,20,23H,2-4,13-16H2,1H3. The second-order valence-electron chi connectivity index (χ2n) is 7.65. The van der Waals surface area contributed by atoms with E-state index >= 15 is 0 Å². The summed E-state index contributed by atoms with van der Waals surface area (Å²) < 4.78 is 55.1. The van der Waals surface area contributed by atoms with Gasteiger partial charge in [-0.25, -0.2) is 21.6 Å². The zero-order chi connectivity index (χ0) is 21.8. The third kappa shape index (κ3) is 6.04. The summed E-state index contributed by atoms with van der Waals surface area (Å²) in [6, 6.07) is 13.3. The van der Waals surface area contributed by atoms with Crippen molar-refractivity contribution in [1.82, 2.24) is 9.03 Å². The maximum Gasteiger partial charge on any atom is 0.243 e. The van der Waals surface area contributed by atoms with Crippen LogP contribution in [0.4, 0.5) is 0 Å². The van der Waals surface area contributed by atoms with Gasteiger partial charge in [-0.2, -0.15) is 4.31 Å². The molecule has 0 spiro atoms. The average molecular weight is 471 g/mol. The van der Waals surface area contributed by atoms with Crippen LogP contribution in [-0.2, 0) is 25.8 Å². The fourth-order valence-corrected chi connectivity index (χ4v) is 6.67. The molecule has 3 rings (SSSR count). The SMILES string of the molecule is Cc1ccc(S(=O)(=O)N2CCCCC2CCNS(=O)(=O)Cc2ccc(Cl)cc2)cc1. The predicted octanol–water partition coefficient (Wildman–Crippen LogP) is 3.70. The van der Waals surface area contributed by atoms with Crippen LogP contribution in [0.1, 0.15) is 36.8 Å². The highest BCUT2D eigenvalue weighted by Crippen LogP contribution is 2.27. The first kappa shape index (κ1) is 23.2. The molecule has 1 saturated heterocycles. The topological polar surface area (TPSA) is 83.6 Å². The molecule has 9 heteroatoms. The number of halogens is 1. The van der Waals surface area contributed by atoms with Crippen molar-refractivity contribution in [2.24, 2.45) is 0 Å². The molecule has 1 aliphatic heterocycles. The summed E-state index contributed by atoms with van der Waals surface area (Å²) in [5, 5.41) is 0.552. The zero-order valence-electron chi connectivity index (χ0n) is 16.9. The van der Waals surface area contributed by atoms with Crippen LogP contribution < -0.4 is 4.72 Å². The Morgan fingerprint density at radius 2 is 1.67 bits per heavy atom. The molecular formula is C21H27ClN2O4S2. The molecule has 0 aromatic heterocycles. The molecule has 2 aromatic carbocycles. The molecule has 6 nitrogen and oxygen atoms in total. The highest BCUT2D eigenvalue weighted by Gasteiger charge is 2.33. The Balaban J connectivity index is 1.63. The van der Waals surface area contributed by atoms with E-state index in [9.17, 15) is 16.8 Å². The third-order valence-electron chi connectivity index (χ3n) is 5.27. The van der Waals surface area contributed by atoms with Gasteiger partial charge in [-0.05, 0) is 56.0 Å². The Kier molecular flexibility index (Phi) is 7.57. The van der Waals surface area contributed by atoms with Gasteiger partial charge < -0.3 is 0 Å². The number of nitrogens with zero attached hydrogens (tertiary/aromatic N) is 1. The largest absolute Gasteiger partial charge is 0.243 e. The molecule has 30 heavy (non-hydrogen) atoms. The summed E-state index contributed by atoms with van der Waals surface area (Å²) in [4.78, 5) is 0.281. The van der Waals surface area contributed by atoms with Gasteiger partial charge in [0.05, 0.1) is 10.6 Å². The lowest BCUT2D eigenvalue weighted by atomic mass is 10.0. The second kappa shape index (κ2) is 9.78. The normalized spacial score (nSPS) is 18.4. The summed E-state index contributed by atoms with van der Waals surface area (Å²) in [5.74, 6) is -0.139. The average Bonchev–Trinajstić information content (AvgIpc) is 2.70. The van der Waals surface area contributed by atoms with E-state index in [1.165, 1.54) is 4.31 Å². The molecule has 0 amide bonds. The first-order valence-corrected chi connectivity index (χ1v) is 13.4. The van der Waals surface area contributed by atoms with Crippen LogP contribution in [-0.4, -0.2) is 40.3 Å². The van der Waals surface area contributed by atoms with Gasteiger partial charge in [-0.1, -0.05) is 47.9 Å². The number of benzene rings is 2. The molecule has 2 aromatic rings. The lowest BCUT2D eigenvalue weighted by Gasteiger charge is -2.34.